The molecule has 1 aromatic carbocycles. The minimum Gasteiger partial charge on any atom is -0.496 e. The van der Waals surface area contributed by atoms with Crippen LogP contribution in [0.5, 0.6) is 5.75 Å². The number of ether oxygens (including phenoxy) is 3. The highest BCUT2D eigenvalue weighted by Gasteiger charge is 2.37. The Labute approximate surface area is 107 Å². The fourth-order valence-corrected chi connectivity index (χ4v) is 2.18. The van der Waals surface area contributed by atoms with Crippen LogP contribution in [-0.2, 0) is 15.9 Å². The van der Waals surface area contributed by atoms with Crippen molar-refractivity contribution < 1.29 is 14.2 Å². The van der Waals surface area contributed by atoms with E-state index in [1.165, 1.54) is 0 Å². The summed E-state index contributed by atoms with van der Waals surface area (Å²) in [5.74, 6) is 0.158. The van der Waals surface area contributed by atoms with Crippen molar-refractivity contribution in [3.05, 3.63) is 29.8 Å². The minimum absolute atomic E-state index is 0.130. The lowest BCUT2D eigenvalue weighted by Crippen LogP contribution is -2.29. The molecule has 1 aromatic rings. The van der Waals surface area contributed by atoms with Crippen LogP contribution >= 0.6 is 0 Å². The molecule has 96 valence electrons. The van der Waals surface area contributed by atoms with Crippen LogP contribution in [0.4, 0.5) is 0 Å². The lowest BCUT2D eigenvalue weighted by atomic mass is 10.1. The largest absolute Gasteiger partial charge is 0.496 e. The van der Waals surface area contributed by atoms with Gasteiger partial charge in [0.1, 0.15) is 5.75 Å². The van der Waals surface area contributed by atoms with Gasteiger partial charge in [-0.25, -0.2) is 0 Å². The van der Waals surface area contributed by atoms with E-state index < -0.39 is 5.79 Å². The summed E-state index contributed by atoms with van der Waals surface area (Å²) in [7, 11) is 1.65. The third-order valence-corrected chi connectivity index (χ3v) is 3.01. The zero-order valence-corrected chi connectivity index (χ0v) is 10.7. The lowest BCUT2D eigenvalue weighted by molar-refractivity contribution is -0.151. The van der Waals surface area contributed by atoms with E-state index in [-0.39, 0.29) is 6.10 Å². The number of nitrogens with zero attached hydrogens (tertiary/aromatic N) is 1. The predicted octanol–water partition coefficient (Wildman–Crippen LogP) is 2.28. The Morgan fingerprint density at radius 1 is 1.50 bits per heavy atom. The Morgan fingerprint density at radius 3 is 3.00 bits per heavy atom. The van der Waals surface area contributed by atoms with E-state index in [4.69, 9.17) is 19.5 Å². The fraction of sp³-hybridized carbons (Fsp3) is 0.500. The quantitative estimate of drug-likeness (QED) is 0.819. The highest BCUT2D eigenvalue weighted by molar-refractivity contribution is 5.34. The highest BCUT2D eigenvalue weighted by Crippen LogP contribution is 2.31. The van der Waals surface area contributed by atoms with Gasteiger partial charge in [0.25, 0.3) is 0 Å². The van der Waals surface area contributed by atoms with E-state index in [0.29, 0.717) is 19.4 Å². The van der Waals surface area contributed by atoms with Gasteiger partial charge >= 0.3 is 0 Å². The van der Waals surface area contributed by atoms with E-state index in [1.54, 1.807) is 7.11 Å². The van der Waals surface area contributed by atoms with Crippen LogP contribution in [0.2, 0.25) is 0 Å². The Balaban J connectivity index is 2.07. The number of benzene rings is 1. The van der Waals surface area contributed by atoms with Crippen molar-refractivity contribution in [2.45, 2.75) is 31.7 Å². The Hall–Kier alpha value is -1.57. The number of para-hydroxylation sites is 1. The van der Waals surface area contributed by atoms with Crippen molar-refractivity contribution in [3.8, 4) is 11.8 Å². The predicted molar refractivity (Wildman–Crippen MR) is 66.2 cm³/mol. The second-order valence-electron chi connectivity index (χ2n) is 4.54. The molecule has 0 bridgehead atoms. The molecule has 0 N–H and O–H groups in total. The molecule has 0 amide bonds. The molecule has 0 aromatic heterocycles. The lowest BCUT2D eigenvalue weighted by Gasteiger charge is -2.24. The van der Waals surface area contributed by atoms with Crippen LogP contribution in [-0.4, -0.2) is 25.6 Å². The molecule has 0 saturated carbocycles. The molecule has 0 radical (unpaired) electrons. The van der Waals surface area contributed by atoms with Crippen molar-refractivity contribution in [1.29, 1.82) is 5.26 Å². The van der Waals surface area contributed by atoms with E-state index >= 15 is 0 Å². The molecule has 4 heteroatoms. The Kier molecular flexibility index (Phi) is 3.85. The van der Waals surface area contributed by atoms with Crippen LogP contribution < -0.4 is 4.74 Å². The summed E-state index contributed by atoms with van der Waals surface area (Å²) in [6.45, 7) is 2.37. The van der Waals surface area contributed by atoms with Crippen LogP contribution in [0.25, 0.3) is 0 Å². The van der Waals surface area contributed by atoms with Crippen molar-refractivity contribution >= 4 is 0 Å². The van der Waals surface area contributed by atoms with Gasteiger partial charge in [-0.1, -0.05) is 18.2 Å². The molecular weight excluding hydrogens is 230 g/mol. The zero-order chi connectivity index (χ0) is 13.0. The molecule has 1 aliphatic heterocycles. The molecule has 2 atom stereocenters. The van der Waals surface area contributed by atoms with Gasteiger partial charge in [-0.05, 0) is 18.6 Å². The van der Waals surface area contributed by atoms with Gasteiger partial charge < -0.3 is 14.2 Å². The number of nitriles is 1. The number of hydrogen-bond donors (Lipinski definition) is 0. The molecular formula is C14H17NO3. The first-order chi connectivity index (χ1) is 8.67. The number of rotatable bonds is 4. The summed E-state index contributed by atoms with van der Waals surface area (Å²) >= 11 is 0. The molecule has 2 rings (SSSR count). The van der Waals surface area contributed by atoms with Gasteiger partial charge in [0.2, 0.25) is 0 Å². The third-order valence-electron chi connectivity index (χ3n) is 3.01. The van der Waals surface area contributed by atoms with E-state index in [2.05, 4.69) is 6.07 Å². The minimum atomic E-state index is -0.670. The maximum atomic E-state index is 8.66. The van der Waals surface area contributed by atoms with E-state index in [0.717, 1.165) is 11.3 Å². The molecule has 1 heterocycles. The highest BCUT2D eigenvalue weighted by atomic mass is 16.7. The van der Waals surface area contributed by atoms with Gasteiger partial charge in [-0.2, -0.15) is 5.26 Å². The summed E-state index contributed by atoms with van der Waals surface area (Å²) in [6.07, 6.45) is 0.843. The summed E-state index contributed by atoms with van der Waals surface area (Å²) in [6, 6.07) is 9.91. The Bertz CT molecular complexity index is 455. The number of methoxy groups -OCH3 is 1. The van der Waals surface area contributed by atoms with Crippen molar-refractivity contribution in [1.82, 2.24) is 0 Å². The standard InChI is InChI=1S/C14H17NO3/c1-14(17-10-12(18-14)7-8-15)9-11-5-3-4-6-13(11)16-2/h3-6,12H,7,9-10H2,1-2H3. The van der Waals surface area contributed by atoms with E-state index in [1.807, 2.05) is 31.2 Å². The molecule has 2 unspecified atom stereocenters. The van der Waals surface area contributed by atoms with Crippen LogP contribution in [0, 0.1) is 11.3 Å². The summed E-state index contributed by atoms with van der Waals surface area (Å²) in [5, 5.41) is 8.66. The Morgan fingerprint density at radius 2 is 2.28 bits per heavy atom. The van der Waals surface area contributed by atoms with Crippen LogP contribution in [0.1, 0.15) is 18.9 Å². The number of hydrogen-bond acceptors (Lipinski definition) is 4. The monoisotopic (exact) mass is 247 g/mol. The first kappa shape index (κ1) is 12.9. The first-order valence-electron chi connectivity index (χ1n) is 5.97. The average molecular weight is 247 g/mol. The maximum absolute atomic E-state index is 8.66. The third kappa shape index (κ3) is 2.81. The summed E-state index contributed by atoms with van der Waals surface area (Å²) < 4.78 is 16.8. The van der Waals surface area contributed by atoms with E-state index in [9.17, 15) is 0 Å². The molecule has 4 nitrogen and oxygen atoms in total. The second kappa shape index (κ2) is 5.38. The van der Waals surface area contributed by atoms with Crippen molar-refractivity contribution in [2.24, 2.45) is 0 Å². The van der Waals surface area contributed by atoms with Gasteiger partial charge in [-0.15, -0.1) is 0 Å². The average Bonchev–Trinajstić information content (AvgIpc) is 2.72. The topological polar surface area (TPSA) is 51.5 Å². The van der Waals surface area contributed by atoms with Crippen molar-refractivity contribution in [3.63, 3.8) is 0 Å². The zero-order valence-electron chi connectivity index (χ0n) is 10.7. The first-order valence-corrected chi connectivity index (χ1v) is 5.97. The van der Waals surface area contributed by atoms with Gasteiger partial charge in [-0.3, -0.25) is 0 Å². The summed E-state index contributed by atoms with van der Waals surface area (Å²) in [5.41, 5.74) is 1.04. The summed E-state index contributed by atoms with van der Waals surface area (Å²) in [4.78, 5) is 0. The van der Waals surface area contributed by atoms with Gasteiger partial charge in [0.15, 0.2) is 5.79 Å². The molecule has 1 saturated heterocycles. The molecule has 0 aliphatic carbocycles. The smallest absolute Gasteiger partial charge is 0.170 e. The van der Waals surface area contributed by atoms with Crippen LogP contribution in [0.15, 0.2) is 24.3 Å². The van der Waals surface area contributed by atoms with Gasteiger partial charge in [0, 0.05) is 6.42 Å². The molecule has 1 fully saturated rings. The second-order valence-corrected chi connectivity index (χ2v) is 4.54. The normalized spacial score (nSPS) is 26.8. The molecule has 1 aliphatic rings. The molecule has 0 spiro atoms. The fourth-order valence-electron chi connectivity index (χ4n) is 2.18. The van der Waals surface area contributed by atoms with Crippen molar-refractivity contribution in [2.75, 3.05) is 13.7 Å². The molecule has 18 heavy (non-hydrogen) atoms. The van der Waals surface area contributed by atoms with Crippen LogP contribution in [0.3, 0.4) is 0 Å². The SMILES string of the molecule is COc1ccccc1CC1(C)OCC(CC#N)O1. The maximum Gasteiger partial charge on any atom is 0.170 e. The van der Waals surface area contributed by atoms with Gasteiger partial charge in [0.05, 0.1) is 32.3 Å².